The van der Waals surface area contributed by atoms with Gasteiger partial charge in [0.15, 0.2) is 5.11 Å². The second kappa shape index (κ2) is 7.30. The van der Waals surface area contributed by atoms with Gasteiger partial charge in [-0.15, -0.1) is 0 Å². The Morgan fingerprint density at radius 3 is 2.62 bits per heavy atom. The van der Waals surface area contributed by atoms with E-state index in [1.165, 1.54) is 16.8 Å². The molecule has 0 unspecified atom stereocenters. The monoisotopic (exact) mass is 364 g/mol. The van der Waals surface area contributed by atoms with E-state index in [1.54, 1.807) is 6.21 Å². The third kappa shape index (κ3) is 3.94. The van der Waals surface area contributed by atoms with Crippen molar-refractivity contribution in [1.29, 1.82) is 0 Å². The average molecular weight is 365 g/mol. The molecule has 5 heteroatoms. The number of rotatable bonds is 3. The lowest BCUT2D eigenvalue weighted by Gasteiger charge is -2.40. The normalized spacial score (nSPS) is 15.4. The number of fused-ring (bicyclic) bond motifs is 1. The van der Waals surface area contributed by atoms with Gasteiger partial charge < -0.3 is 10.2 Å². The maximum Gasteiger partial charge on any atom is 0.191 e. The number of allylic oxidation sites excluding steroid dienone is 1. The first-order valence-electron chi connectivity index (χ1n) is 8.60. The second-order valence-corrected chi connectivity index (χ2v) is 7.42. The molecule has 0 aromatic heterocycles. The van der Waals surface area contributed by atoms with Gasteiger partial charge in [0.1, 0.15) is 0 Å². The molecule has 2 aromatic carbocycles. The molecule has 0 radical (unpaired) electrons. The molecule has 0 fully saturated rings. The summed E-state index contributed by atoms with van der Waals surface area (Å²) < 4.78 is 0. The quantitative estimate of drug-likeness (QED) is 0.473. The van der Waals surface area contributed by atoms with Gasteiger partial charge in [0.25, 0.3) is 0 Å². The van der Waals surface area contributed by atoms with E-state index in [0.29, 0.717) is 5.11 Å². The van der Waals surface area contributed by atoms with Crippen LogP contribution in [0.5, 0.6) is 0 Å². The van der Waals surface area contributed by atoms with E-state index in [9.17, 15) is 0 Å². The molecule has 0 atom stereocenters. The SMILES string of the molecule is CC1=CC(C)(C)N(C)c2ccc(/C=N\NC(=S)Nc3ccccc3)cc21. The molecule has 0 bridgehead atoms. The molecule has 3 rings (SSSR count). The van der Waals surface area contributed by atoms with Crippen LogP contribution in [0.4, 0.5) is 11.4 Å². The zero-order chi connectivity index (χ0) is 18.7. The minimum absolute atomic E-state index is 0.0174. The highest BCUT2D eigenvalue weighted by molar-refractivity contribution is 7.80. The van der Waals surface area contributed by atoms with Crippen LogP contribution in [0.1, 0.15) is 31.9 Å². The number of nitrogens with zero attached hydrogens (tertiary/aromatic N) is 2. The lowest BCUT2D eigenvalue weighted by Crippen LogP contribution is -2.42. The minimum Gasteiger partial charge on any atom is -0.366 e. The largest absolute Gasteiger partial charge is 0.366 e. The van der Waals surface area contributed by atoms with E-state index in [-0.39, 0.29) is 5.54 Å². The summed E-state index contributed by atoms with van der Waals surface area (Å²) in [5.41, 5.74) is 8.59. The number of hydrogen-bond acceptors (Lipinski definition) is 3. The zero-order valence-electron chi connectivity index (χ0n) is 15.6. The fraction of sp³-hybridized carbons (Fsp3) is 0.238. The van der Waals surface area contributed by atoms with Crippen LogP contribution >= 0.6 is 12.2 Å². The minimum atomic E-state index is 0.0174. The first-order valence-corrected chi connectivity index (χ1v) is 9.00. The molecule has 1 aliphatic rings. The predicted octanol–water partition coefficient (Wildman–Crippen LogP) is 4.64. The number of benzene rings is 2. The molecular weight excluding hydrogens is 340 g/mol. The van der Waals surface area contributed by atoms with Crippen molar-refractivity contribution in [3.05, 3.63) is 65.7 Å². The van der Waals surface area contributed by atoms with E-state index in [1.807, 2.05) is 30.3 Å². The molecule has 4 nitrogen and oxygen atoms in total. The van der Waals surface area contributed by atoms with Crippen molar-refractivity contribution >= 4 is 40.5 Å². The van der Waals surface area contributed by atoms with Gasteiger partial charge in [-0.3, -0.25) is 5.43 Å². The molecule has 0 spiro atoms. The third-order valence-electron chi connectivity index (χ3n) is 4.65. The average Bonchev–Trinajstić information content (AvgIpc) is 2.60. The first kappa shape index (κ1) is 18.1. The van der Waals surface area contributed by atoms with Crippen LogP contribution in [0.2, 0.25) is 0 Å². The van der Waals surface area contributed by atoms with Gasteiger partial charge >= 0.3 is 0 Å². The smallest absolute Gasteiger partial charge is 0.191 e. The lowest BCUT2D eigenvalue weighted by atomic mass is 9.89. The van der Waals surface area contributed by atoms with Gasteiger partial charge in [-0.05, 0) is 68.4 Å². The molecule has 2 N–H and O–H groups in total. The highest BCUT2D eigenvalue weighted by atomic mass is 32.1. The summed E-state index contributed by atoms with van der Waals surface area (Å²) in [4.78, 5) is 2.30. The van der Waals surface area contributed by atoms with Gasteiger partial charge in [0.2, 0.25) is 0 Å². The third-order valence-corrected chi connectivity index (χ3v) is 4.85. The van der Waals surface area contributed by atoms with E-state index >= 15 is 0 Å². The van der Waals surface area contributed by atoms with Crippen LogP contribution < -0.4 is 15.6 Å². The van der Waals surface area contributed by atoms with Crippen molar-refractivity contribution in [3.8, 4) is 0 Å². The van der Waals surface area contributed by atoms with E-state index < -0.39 is 0 Å². The standard InChI is InChI=1S/C21H24N4S/c1-15-13-21(2,3)25(4)19-11-10-16(12-18(15)19)14-22-24-20(26)23-17-8-6-5-7-9-17/h5-14H,1-4H3,(H2,23,24,26)/b22-14-. The van der Waals surface area contributed by atoms with Crippen LogP contribution in [-0.4, -0.2) is 23.9 Å². The Kier molecular flexibility index (Phi) is 5.09. The van der Waals surface area contributed by atoms with E-state index in [0.717, 1.165) is 11.3 Å². The molecule has 0 aliphatic carbocycles. The molecule has 1 heterocycles. The molecule has 0 amide bonds. The zero-order valence-corrected chi connectivity index (χ0v) is 16.4. The van der Waals surface area contributed by atoms with Gasteiger partial charge in [-0.2, -0.15) is 5.10 Å². The molecular formula is C21H24N4S. The summed E-state index contributed by atoms with van der Waals surface area (Å²) in [6.07, 6.45) is 4.08. The number of para-hydroxylation sites is 1. The number of nitrogens with one attached hydrogen (secondary N) is 2. The van der Waals surface area contributed by atoms with Gasteiger partial charge in [0, 0.05) is 24.0 Å². The van der Waals surface area contributed by atoms with Crippen LogP contribution in [-0.2, 0) is 0 Å². The van der Waals surface area contributed by atoms with Crippen molar-refractivity contribution in [3.63, 3.8) is 0 Å². The van der Waals surface area contributed by atoms with Crippen molar-refractivity contribution < 1.29 is 0 Å². The number of thiocarbonyl (C=S) groups is 1. The van der Waals surface area contributed by atoms with Crippen LogP contribution in [0.3, 0.4) is 0 Å². The molecule has 134 valence electrons. The summed E-state index contributed by atoms with van der Waals surface area (Å²) in [5.74, 6) is 0. The fourth-order valence-electron chi connectivity index (χ4n) is 3.10. The maximum atomic E-state index is 5.26. The summed E-state index contributed by atoms with van der Waals surface area (Å²) in [7, 11) is 2.13. The number of likely N-dealkylation sites (N-methyl/N-ethyl adjacent to an activating group) is 1. The van der Waals surface area contributed by atoms with Crippen molar-refractivity contribution in [2.45, 2.75) is 26.3 Å². The van der Waals surface area contributed by atoms with E-state index in [4.69, 9.17) is 12.2 Å². The molecule has 26 heavy (non-hydrogen) atoms. The van der Waals surface area contributed by atoms with E-state index in [2.05, 4.69) is 72.8 Å². The molecule has 2 aromatic rings. The van der Waals surface area contributed by atoms with Crippen LogP contribution in [0, 0.1) is 0 Å². The number of hydrogen-bond donors (Lipinski definition) is 2. The highest BCUT2D eigenvalue weighted by Crippen LogP contribution is 2.37. The Labute approximate surface area is 160 Å². The Bertz CT molecular complexity index is 869. The highest BCUT2D eigenvalue weighted by Gasteiger charge is 2.28. The Hall–Kier alpha value is -2.66. The Balaban J connectivity index is 1.69. The van der Waals surface area contributed by atoms with Crippen molar-refractivity contribution in [2.75, 3.05) is 17.3 Å². The summed E-state index contributed by atoms with van der Waals surface area (Å²) in [6, 6.07) is 16.2. The van der Waals surface area contributed by atoms with Crippen molar-refractivity contribution in [2.24, 2.45) is 5.10 Å². The fourth-order valence-corrected chi connectivity index (χ4v) is 3.27. The summed E-state index contributed by atoms with van der Waals surface area (Å²) in [6.45, 7) is 6.60. The van der Waals surface area contributed by atoms with Crippen molar-refractivity contribution in [1.82, 2.24) is 5.43 Å². The number of hydrazone groups is 1. The van der Waals surface area contributed by atoms with Gasteiger partial charge in [0.05, 0.1) is 11.8 Å². The number of anilines is 2. The molecule has 1 aliphatic heterocycles. The molecule has 0 saturated carbocycles. The Morgan fingerprint density at radius 1 is 1.15 bits per heavy atom. The van der Waals surface area contributed by atoms with Crippen LogP contribution in [0.25, 0.3) is 5.57 Å². The van der Waals surface area contributed by atoms with Gasteiger partial charge in [-0.25, -0.2) is 0 Å². The topological polar surface area (TPSA) is 39.7 Å². The summed E-state index contributed by atoms with van der Waals surface area (Å²) >= 11 is 5.26. The maximum absolute atomic E-state index is 5.26. The van der Waals surface area contributed by atoms with Gasteiger partial charge in [-0.1, -0.05) is 30.3 Å². The molecule has 0 saturated heterocycles. The summed E-state index contributed by atoms with van der Waals surface area (Å²) in [5, 5.41) is 7.80. The Morgan fingerprint density at radius 2 is 1.88 bits per heavy atom. The first-order chi connectivity index (χ1) is 12.4. The van der Waals surface area contributed by atoms with Crippen LogP contribution in [0.15, 0.2) is 59.7 Å². The predicted molar refractivity (Wildman–Crippen MR) is 116 cm³/mol. The lowest BCUT2D eigenvalue weighted by molar-refractivity contribution is 0.598. The second-order valence-electron chi connectivity index (χ2n) is 7.01.